The van der Waals surface area contributed by atoms with Crippen LogP contribution >= 0.6 is 0 Å². The number of hydrogen-bond donors (Lipinski definition) is 2. The van der Waals surface area contributed by atoms with E-state index in [2.05, 4.69) is 15.6 Å². The third kappa shape index (κ3) is 4.41. The van der Waals surface area contributed by atoms with Gasteiger partial charge in [0, 0.05) is 17.6 Å². The first-order chi connectivity index (χ1) is 12.4. The highest BCUT2D eigenvalue weighted by Gasteiger charge is 2.29. The molecule has 1 aromatic carbocycles. The van der Waals surface area contributed by atoms with E-state index in [0.29, 0.717) is 17.1 Å². The molecule has 0 aliphatic rings. The minimum absolute atomic E-state index is 0.175. The summed E-state index contributed by atoms with van der Waals surface area (Å²) < 4.78 is 42.9. The number of amides is 1. The van der Waals surface area contributed by atoms with Crippen molar-refractivity contribution in [1.82, 2.24) is 10.3 Å². The molecule has 3 rings (SSSR count). The first kappa shape index (κ1) is 17.5. The molecule has 5 nitrogen and oxygen atoms in total. The fraction of sp³-hybridized carbons (Fsp3) is 0.111. The van der Waals surface area contributed by atoms with Crippen LogP contribution in [-0.2, 0) is 12.7 Å². The Hall–Kier alpha value is -3.29. The molecule has 0 aliphatic carbocycles. The van der Waals surface area contributed by atoms with Gasteiger partial charge in [-0.1, -0.05) is 0 Å². The molecular weight excluding hydrogens is 347 g/mol. The van der Waals surface area contributed by atoms with Crippen molar-refractivity contribution < 1.29 is 22.4 Å². The van der Waals surface area contributed by atoms with Gasteiger partial charge in [-0.05, 0) is 48.5 Å². The van der Waals surface area contributed by atoms with Crippen LogP contribution in [0.5, 0.6) is 0 Å². The number of alkyl halides is 3. The topological polar surface area (TPSA) is 67.2 Å². The first-order valence-corrected chi connectivity index (χ1v) is 7.63. The average Bonchev–Trinajstić information content (AvgIpc) is 3.13. The molecule has 2 heterocycles. The Morgan fingerprint density at radius 1 is 1.08 bits per heavy atom. The lowest BCUT2D eigenvalue weighted by Gasteiger charge is -2.10. The Labute approximate surface area is 146 Å². The molecule has 8 heteroatoms. The molecule has 0 fully saturated rings. The van der Waals surface area contributed by atoms with E-state index >= 15 is 0 Å². The lowest BCUT2D eigenvalue weighted by molar-refractivity contribution is -0.137. The predicted octanol–water partition coefficient (Wildman–Crippen LogP) is 4.37. The van der Waals surface area contributed by atoms with Gasteiger partial charge in [0.15, 0.2) is 0 Å². The van der Waals surface area contributed by atoms with Crippen molar-refractivity contribution >= 4 is 17.3 Å². The highest BCUT2D eigenvalue weighted by atomic mass is 19.4. The summed E-state index contributed by atoms with van der Waals surface area (Å²) in [7, 11) is 0. The standard InChI is InChI=1S/C18H14F3N3O2/c19-18(20,21)12-3-5-13(6-4-12)24-14-7-8-22-16(10-14)17(25)23-11-15-2-1-9-26-15/h1-10H,11H2,(H,22,24)(H,23,25). The third-order valence-corrected chi connectivity index (χ3v) is 3.50. The maximum absolute atomic E-state index is 12.6. The summed E-state index contributed by atoms with van der Waals surface area (Å²) in [5.74, 6) is 0.217. The highest BCUT2D eigenvalue weighted by Crippen LogP contribution is 2.30. The number of anilines is 2. The molecule has 0 saturated carbocycles. The summed E-state index contributed by atoms with van der Waals surface area (Å²) in [5.41, 5.74) is 0.443. The normalized spacial score (nSPS) is 11.2. The van der Waals surface area contributed by atoms with Gasteiger partial charge in [-0.2, -0.15) is 13.2 Å². The Morgan fingerprint density at radius 2 is 1.85 bits per heavy atom. The van der Waals surface area contributed by atoms with E-state index in [1.54, 1.807) is 18.2 Å². The molecule has 2 N–H and O–H groups in total. The lowest BCUT2D eigenvalue weighted by Crippen LogP contribution is -2.23. The first-order valence-electron chi connectivity index (χ1n) is 7.63. The summed E-state index contributed by atoms with van der Waals surface area (Å²) in [6.45, 7) is 0.226. The van der Waals surface area contributed by atoms with Gasteiger partial charge in [-0.25, -0.2) is 0 Å². The SMILES string of the molecule is O=C(NCc1ccco1)c1cc(Nc2ccc(C(F)(F)F)cc2)ccn1. The zero-order valence-electron chi connectivity index (χ0n) is 13.4. The third-order valence-electron chi connectivity index (χ3n) is 3.50. The van der Waals surface area contributed by atoms with E-state index in [4.69, 9.17) is 4.42 Å². The van der Waals surface area contributed by atoms with Crippen LogP contribution in [0.2, 0.25) is 0 Å². The average molecular weight is 361 g/mol. The van der Waals surface area contributed by atoms with Crippen molar-refractivity contribution in [3.05, 3.63) is 78.0 Å². The van der Waals surface area contributed by atoms with E-state index in [0.717, 1.165) is 12.1 Å². The minimum Gasteiger partial charge on any atom is -0.467 e. The number of carbonyl (C=O) groups is 1. The van der Waals surface area contributed by atoms with Crippen LogP contribution < -0.4 is 10.6 Å². The summed E-state index contributed by atoms with van der Waals surface area (Å²) in [4.78, 5) is 16.1. The van der Waals surface area contributed by atoms with Crippen LogP contribution in [0.15, 0.2) is 65.4 Å². The Kier molecular flexibility index (Phi) is 4.92. The van der Waals surface area contributed by atoms with Crippen LogP contribution in [-0.4, -0.2) is 10.9 Å². The largest absolute Gasteiger partial charge is 0.467 e. The molecule has 0 unspecified atom stereocenters. The van der Waals surface area contributed by atoms with Crippen molar-refractivity contribution in [2.75, 3.05) is 5.32 Å². The molecule has 0 spiro atoms. The van der Waals surface area contributed by atoms with Gasteiger partial charge in [-0.15, -0.1) is 0 Å². The number of nitrogens with one attached hydrogen (secondary N) is 2. The van der Waals surface area contributed by atoms with Crippen molar-refractivity contribution in [3.8, 4) is 0 Å². The molecule has 26 heavy (non-hydrogen) atoms. The van der Waals surface area contributed by atoms with E-state index in [1.165, 1.54) is 30.7 Å². The smallest absolute Gasteiger partial charge is 0.416 e. The van der Waals surface area contributed by atoms with Gasteiger partial charge in [-0.3, -0.25) is 9.78 Å². The Morgan fingerprint density at radius 3 is 2.50 bits per heavy atom. The number of nitrogens with zero attached hydrogens (tertiary/aromatic N) is 1. The van der Waals surface area contributed by atoms with Crippen LogP contribution in [0, 0.1) is 0 Å². The molecule has 0 radical (unpaired) electrons. The second kappa shape index (κ2) is 7.30. The van der Waals surface area contributed by atoms with Crippen LogP contribution in [0.4, 0.5) is 24.5 Å². The van der Waals surface area contributed by atoms with Gasteiger partial charge in [0.2, 0.25) is 0 Å². The molecule has 134 valence electrons. The van der Waals surface area contributed by atoms with Crippen molar-refractivity contribution in [2.45, 2.75) is 12.7 Å². The highest BCUT2D eigenvalue weighted by molar-refractivity contribution is 5.93. The second-order valence-electron chi connectivity index (χ2n) is 5.39. The monoisotopic (exact) mass is 361 g/mol. The molecule has 2 aromatic heterocycles. The van der Waals surface area contributed by atoms with Crippen molar-refractivity contribution in [1.29, 1.82) is 0 Å². The second-order valence-corrected chi connectivity index (χ2v) is 5.39. The lowest BCUT2D eigenvalue weighted by atomic mass is 10.2. The van der Waals surface area contributed by atoms with Crippen LogP contribution in [0.3, 0.4) is 0 Å². The van der Waals surface area contributed by atoms with E-state index in [9.17, 15) is 18.0 Å². The van der Waals surface area contributed by atoms with Crippen LogP contribution in [0.1, 0.15) is 21.8 Å². The zero-order valence-corrected chi connectivity index (χ0v) is 13.4. The van der Waals surface area contributed by atoms with Crippen LogP contribution in [0.25, 0.3) is 0 Å². The fourth-order valence-electron chi connectivity index (χ4n) is 2.21. The van der Waals surface area contributed by atoms with E-state index < -0.39 is 17.6 Å². The molecule has 1 amide bonds. The van der Waals surface area contributed by atoms with E-state index in [1.807, 2.05) is 0 Å². The number of hydrogen-bond acceptors (Lipinski definition) is 4. The van der Waals surface area contributed by atoms with Gasteiger partial charge in [0.05, 0.1) is 18.4 Å². The summed E-state index contributed by atoms with van der Waals surface area (Å²) >= 11 is 0. The number of aromatic nitrogens is 1. The summed E-state index contributed by atoms with van der Waals surface area (Å²) in [6, 6.07) is 11.2. The van der Waals surface area contributed by atoms with Gasteiger partial charge >= 0.3 is 6.18 Å². The van der Waals surface area contributed by atoms with Gasteiger partial charge < -0.3 is 15.1 Å². The number of halogens is 3. The molecule has 0 atom stereocenters. The minimum atomic E-state index is -4.38. The summed E-state index contributed by atoms with van der Waals surface area (Å²) in [6.07, 6.45) is -1.43. The fourth-order valence-corrected chi connectivity index (χ4v) is 2.21. The quantitative estimate of drug-likeness (QED) is 0.708. The van der Waals surface area contributed by atoms with Gasteiger partial charge in [0.1, 0.15) is 11.5 Å². The van der Waals surface area contributed by atoms with Gasteiger partial charge in [0.25, 0.3) is 5.91 Å². The molecular formula is C18H14F3N3O2. The molecule has 0 bridgehead atoms. The Balaban J connectivity index is 1.66. The number of furan rings is 1. The van der Waals surface area contributed by atoms with Crippen molar-refractivity contribution in [2.24, 2.45) is 0 Å². The number of benzene rings is 1. The predicted molar refractivity (Wildman–Crippen MR) is 88.8 cm³/mol. The van der Waals surface area contributed by atoms with Crippen molar-refractivity contribution in [3.63, 3.8) is 0 Å². The maximum Gasteiger partial charge on any atom is 0.416 e. The molecule has 0 saturated heterocycles. The Bertz CT molecular complexity index is 875. The zero-order chi connectivity index (χ0) is 18.6. The molecule has 3 aromatic rings. The maximum atomic E-state index is 12.6. The molecule has 0 aliphatic heterocycles. The summed E-state index contributed by atoms with van der Waals surface area (Å²) in [5, 5.41) is 5.61. The number of pyridine rings is 1. The number of rotatable bonds is 5. The number of carbonyl (C=O) groups excluding carboxylic acids is 1. The van der Waals surface area contributed by atoms with E-state index in [-0.39, 0.29) is 12.2 Å².